The molecule has 0 bridgehead atoms. The fraction of sp³-hybridized carbons (Fsp3) is 0.500. The summed E-state index contributed by atoms with van der Waals surface area (Å²) in [6.45, 7) is 8.37. The molecule has 0 saturated carbocycles. The van der Waals surface area contributed by atoms with E-state index in [9.17, 15) is 13.2 Å². The molecule has 0 fully saturated rings. The largest absolute Gasteiger partial charge is 0.352 e. The van der Waals surface area contributed by atoms with Crippen molar-refractivity contribution in [1.29, 1.82) is 0 Å². The summed E-state index contributed by atoms with van der Waals surface area (Å²) in [6.07, 6.45) is 0.805. The van der Waals surface area contributed by atoms with Crippen LogP contribution in [0.15, 0.2) is 17.0 Å². The maximum absolute atomic E-state index is 12.2. The molecular weight excluding hydrogens is 333 g/mol. The van der Waals surface area contributed by atoms with E-state index >= 15 is 0 Å². The third kappa shape index (κ3) is 5.49. The molecule has 0 aromatic heterocycles. The third-order valence-corrected chi connectivity index (χ3v) is 4.73. The maximum Gasteiger partial charge on any atom is 0.261 e. The fourth-order valence-electron chi connectivity index (χ4n) is 1.68. The Balaban J connectivity index is 3.02. The number of carbonyl (C=O) groups is 1. The van der Waals surface area contributed by atoms with Crippen LogP contribution in [0, 0.1) is 12.3 Å². The van der Waals surface area contributed by atoms with Crippen molar-refractivity contribution in [3.05, 3.63) is 28.3 Å². The molecule has 0 saturated heterocycles. The second-order valence-electron chi connectivity index (χ2n) is 6.08. The first-order valence-electron chi connectivity index (χ1n) is 6.45. The molecule has 0 radical (unpaired) electrons. The fourth-order valence-corrected chi connectivity index (χ4v) is 2.75. The molecule has 0 unspecified atom stereocenters. The zero-order valence-corrected chi connectivity index (χ0v) is 14.8. The molecule has 1 amide bonds. The van der Waals surface area contributed by atoms with Crippen LogP contribution in [0.1, 0.15) is 43.1 Å². The summed E-state index contributed by atoms with van der Waals surface area (Å²) in [5, 5.41) is 2.96. The number of benzene rings is 1. The molecule has 21 heavy (non-hydrogen) atoms. The highest BCUT2D eigenvalue weighted by atomic mass is 35.7. The molecule has 1 aromatic carbocycles. The van der Waals surface area contributed by atoms with Crippen LogP contribution in [0.2, 0.25) is 5.02 Å². The number of rotatable bonds is 4. The molecule has 0 heterocycles. The Hall–Kier alpha value is -0.780. The normalized spacial score (nSPS) is 12.3. The first-order valence-corrected chi connectivity index (χ1v) is 9.13. The molecule has 0 spiro atoms. The molecule has 0 aliphatic rings. The van der Waals surface area contributed by atoms with Gasteiger partial charge in [0.15, 0.2) is 0 Å². The number of hydrogen-bond donors (Lipinski definition) is 1. The molecule has 1 aromatic rings. The molecule has 0 aliphatic carbocycles. The zero-order chi connectivity index (χ0) is 16.4. The summed E-state index contributed by atoms with van der Waals surface area (Å²) in [5.41, 5.74) is 0.839. The number of hydrogen-bond acceptors (Lipinski definition) is 3. The number of amides is 1. The van der Waals surface area contributed by atoms with Gasteiger partial charge >= 0.3 is 0 Å². The van der Waals surface area contributed by atoms with Crippen molar-refractivity contribution in [2.75, 3.05) is 6.54 Å². The highest BCUT2D eigenvalue weighted by Crippen LogP contribution is 2.26. The van der Waals surface area contributed by atoms with Crippen molar-refractivity contribution in [2.24, 2.45) is 5.41 Å². The minimum Gasteiger partial charge on any atom is -0.352 e. The van der Waals surface area contributed by atoms with Gasteiger partial charge in [-0.05, 0) is 36.5 Å². The Labute approximate surface area is 135 Å². The first kappa shape index (κ1) is 18.3. The Kier molecular flexibility index (Phi) is 5.69. The van der Waals surface area contributed by atoms with Gasteiger partial charge in [-0.25, -0.2) is 8.42 Å². The van der Waals surface area contributed by atoms with Gasteiger partial charge in [-0.2, -0.15) is 0 Å². The zero-order valence-electron chi connectivity index (χ0n) is 12.5. The van der Waals surface area contributed by atoms with Crippen molar-refractivity contribution < 1.29 is 13.2 Å². The van der Waals surface area contributed by atoms with Gasteiger partial charge in [0.2, 0.25) is 0 Å². The van der Waals surface area contributed by atoms with Gasteiger partial charge in [-0.1, -0.05) is 32.4 Å². The number of halogens is 2. The smallest absolute Gasteiger partial charge is 0.261 e. The van der Waals surface area contributed by atoms with Crippen LogP contribution >= 0.6 is 22.3 Å². The molecule has 0 aliphatic heterocycles. The molecule has 0 atom stereocenters. The summed E-state index contributed by atoms with van der Waals surface area (Å²) < 4.78 is 22.8. The van der Waals surface area contributed by atoms with Crippen molar-refractivity contribution in [1.82, 2.24) is 5.32 Å². The predicted molar refractivity (Wildman–Crippen MR) is 85.6 cm³/mol. The summed E-state index contributed by atoms with van der Waals surface area (Å²) in [7, 11) is 1.37. The minimum atomic E-state index is -3.93. The number of carbonyl (C=O) groups excluding carboxylic acids is 1. The van der Waals surface area contributed by atoms with Crippen LogP contribution in [-0.2, 0) is 9.05 Å². The average molecular weight is 352 g/mol. The lowest BCUT2D eigenvalue weighted by atomic mass is 9.92. The average Bonchev–Trinajstić information content (AvgIpc) is 2.29. The minimum absolute atomic E-state index is 0.0985. The molecular formula is C14H19Cl2NO3S. The van der Waals surface area contributed by atoms with E-state index in [1.165, 1.54) is 12.1 Å². The lowest BCUT2D eigenvalue weighted by molar-refractivity contribution is 0.0948. The van der Waals surface area contributed by atoms with Gasteiger partial charge in [-0.15, -0.1) is 0 Å². The summed E-state index contributed by atoms with van der Waals surface area (Å²) in [6, 6.07) is 2.49. The Bertz CT molecular complexity index is 649. The van der Waals surface area contributed by atoms with E-state index in [0.29, 0.717) is 12.1 Å². The van der Waals surface area contributed by atoms with Crippen LogP contribution < -0.4 is 5.32 Å². The molecule has 7 heteroatoms. The molecule has 1 rings (SSSR count). The monoisotopic (exact) mass is 351 g/mol. The van der Waals surface area contributed by atoms with E-state index < -0.39 is 9.05 Å². The second kappa shape index (κ2) is 6.55. The summed E-state index contributed by atoms with van der Waals surface area (Å²) >= 11 is 5.97. The van der Waals surface area contributed by atoms with Gasteiger partial charge in [0.1, 0.15) is 0 Å². The van der Waals surface area contributed by atoms with Crippen molar-refractivity contribution in [3.63, 3.8) is 0 Å². The van der Waals surface area contributed by atoms with Gasteiger partial charge in [0.25, 0.3) is 15.0 Å². The SMILES string of the molecule is Cc1c(Cl)cc(S(=O)(=O)Cl)cc1C(=O)NCCC(C)(C)C. The Morgan fingerprint density at radius 3 is 2.33 bits per heavy atom. The van der Waals surface area contributed by atoms with E-state index in [1.54, 1.807) is 6.92 Å². The van der Waals surface area contributed by atoms with Crippen LogP contribution in [0.3, 0.4) is 0 Å². The van der Waals surface area contributed by atoms with Crippen LogP contribution in [0.25, 0.3) is 0 Å². The van der Waals surface area contributed by atoms with Crippen LogP contribution in [0.5, 0.6) is 0 Å². The molecule has 1 N–H and O–H groups in total. The third-order valence-electron chi connectivity index (χ3n) is 3.00. The lowest BCUT2D eigenvalue weighted by Gasteiger charge is -2.18. The van der Waals surface area contributed by atoms with Crippen molar-refractivity contribution in [3.8, 4) is 0 Å². The van der Waals surface area contributed by atoms with E-state index in [0.717, 1.165) is 6.42 Å². The van der Waals surface area contributed by atoms with Gasteiger partial charge < -0.3 is 5.32 Å². The lowest BCUT2D eigenvalue weighted by Crippen LogP contribution is -2.28. The highest BCUT2D eigenvalue weighted by Gasteiger charge is 2.19. The van der Waals surface area contributed by atoms with Gasteiger partial charge in [-0.3, -0.25) is 4.79 Å². The second-order valence-corrected chi connectivity index (χ2v) is 9.06. The Morgan fingerprint density at radius 2 is 1.86 bits per heavy atom. The molecule has 4 nitrogen and oxygen atoms in total. The first-order chi connectivity index (χ1) is 9.42. The van der Waals surface area contributed by atoms with Crippen molar-refractivity contribution in [2.45, 2.75) is 39.0 Å². The maximum atomic E-state index is 12.2. The predicted octanol–water partition coefficient (Wildman–Crippen LogP) is 3.74. The van der Waals surface area contributed by atoms with E-state index in [-0.39, 0.29) is 26.8 Å². The van der Waals surface area contributed by atoms with Crippen LogP contribution in [0.4, 0.5) is 0 Å². The number of nitrogens with one attached hydrogen (secondary N) is 1. The van der Waals surface area contributed by atoms with Gasteiger partial charge in [0.05, 0.1) is 4.90 Å². The standard InChI is InChI=1S/C14H19Cl2NO3S/c1-9-11(13(18)17-6-5-14(2,3)4)7-10(8-12(9)15)21(16,19)20/h7-8H,5-6H2,1-4H3,(H,17,18). The van der Waals surface area contributed by atoms with Crippen molar-refractivity contribution >= 4 is 37.2 Å². The quantitative estimate of drug-likeness (QED) is 0.840. The highest BCUT2D eigenvalue weighted by molar-refractivity contribution is 8.13. The summed E-state index contributed by atoms with van der Waals surface area (Å²) in [5.74, 6) is -0.360. The van der Waals surface area contributed by atoms with Crippen LogP contribution in [-0.4, -0.2) is 20.9 Å². The topological polar surface area (TPSA) is 63.2 Å². The van der Waals surface area contributed by atoms with E-state index in [4.69, 9.17) is 22.3 Å². The van der Waals surface area contributed by atoms with Gasteiger partial charge in [0, 0.05) is 27.8 Å². The van der Waals surface area contributed by atoms with E-state index in [1.807, 2.05) is 0 Å². The van der Waals surface area contributed by atoms with E-state index in [2.05, 4.69) is 26.1 Å². The Morgan fingerprint density at radius 1 is 1.29 bits per heavy atom. The molecule has 118 valence electrons. The summed E-state index contributed by atoms with van der Waals surface area (Å²) in [4.78, 5) is 12.0.